The predicted molar refractivity (Wildman–Crippen MR) is 118 cm³/mol. The highest BCUT2D eigenvalue weighted by Gasteiger charge is 2.14. The maximum atomic E-state index is 12.1. The Morgan fingerprint density at radius 2 is 1.63 bits per heavy atom. The summed E-state index contributed by atoms with van der Waals surface area (Å²) in [4.78, 5) is 20.8. The smallest absolute Gasteiger partial charge is 0.249 e. The Morgan fingerprint density at radius 3 is 2.37 bits per heavy atom. The molecule has 0 saturated carbocycles. The number of nitrogens with zero attached hydrogens (tertiary/aromatic N) is 2. The number of primary amides is 1. The van der Waals surface area contributed by atoms with Gasteiger partial charge in [-0.2, -0.15) is 0 Å². The summed E-state index contributed by atoms with van der Waals surface area (Å²) >= 11 is 0. The average Bonchev–Trinajstić information content (AvgIpc) is 2.79. The van der Waals surface area contributed by atoms with E-state index in [1.54, 1.807) is 12.4 Å². The lowest BCUT2D eigenvalue weighted by atomic mass is 9.96. The zero-order valence-corrected chi connectivity index (χ0v) is 16.6. The molecule has 0 fully saturated rings. The standard InChI is InChI=1S/C25H21N3O2/c1-17(18-12-14-27-15-13-18)24(25(26)29)20-7-10-22(11-8-20)30-16-21-9-6-19-4-2-3-5-23(19)28-21/h2-15H,16H2,1H3,(H2,26,29)/b24-17-. The molecule has 0 spiro atoms. The number of carbonyl (C=O) groups is 1. The third-order valence-corrected chi connectivity index (χ3v) is 4.92. The van der Waals surface area contributed by atoms with Crippen molar-refractivity contribution in [2.24, 2.45) is 5.73 Å². The lowest BCUT2D eigenvalue weighted by molar-refractivity contribution is -0.112. The Balaban J connectivity index is 1.53. The number of fused-ring (bicyclic) bond motifs is 1. The molecule has 0 radical (unpaired) electrons. The fourth-order valence-corrected chi connectivity index (χ4v) is 3.35. The molecule has 0 unspecified atom stereocenters. The van der Waals surface area contributed by atoms with E-state index in [2.05, 4.69) is 9.97 Å². The maximum absolute atomic E-state index is 12.1. The van der Waals surface area contributed by atoms with Crippen LogP contribution in [0, 0.1) is 0 Å². The third-order valence-electron chi connectivity index (χ3n) is 4.92. The van der Waals surface area contributed by atoms with Crippen LogP contribution in [0.3, 0.4) is 0 Å². The van der Waals surface area contributed by atoms with Crippen molar-refractivity contribution in [2.45, 2.75) is 13.5 Å². The Bertz CT molecular complexity index is 1220. The van der Waals surface area contributed by atoms with Gasteiger partial charge in [0.25, 0.3) is 0 Å². The van der Waals surface area contributed by atoms with Gasteiger partial charge in [-0.25, -0.2) is 4.98 Å². The van der Waals surface area contributed by atoms with E-state index in [0.717, 1.165) is 33.3 Å². The van der Waals surface area contributed by atoms with Crippen molar-refractivity contribution in [3.05, 3.63) is 102 Å². The number of rotatable bonds is 6. The number of allylic oxidation sites excluding steroid dienone is 1. The van der Waals surface area contributed by atoms with Gasteiger partial charge < -0.3 is 10.5 Å². The Kier molecular flexibility index (Phi) is 5.52. The minimum atomic E-state index is -0.474. The highest BCUT2D eigenvalue weighted by molar-refractivity contribution is 6.26. The van der Waals surface area contributed by atoms with Gasteiger partial charge in [-0.15, -0.1) is 0 Å². The first kappa shape index (κ1) is 19.3. The molecule has 0 bridgehead atoms. The molecule has 30 heavy (non-hydrogen) atoms. The van der Waals surface area contributed by atoms with Crippen molar-refractivity contribution < 1.29 is 9.53 Å². The van der Waals surface area contributed by atoms with Crippen molar-refractivity contribution in [1.29, 1.82) is 0 Å². The van der Waals surface area contributed by atoms with Crippen LogP contribution in [-0.2, 0) is 11.4 Å². The molecule has 5 heteroatoms. The summed E-state index contributed by atoms with van der Waals surface area (Å²) in [6.07, 6.45) is 3.38. The minimum Gasteiger partial charge on any atom is -0.487 e. The summed E-state index contributed by atoms with van der Waals surface area (Å²) in [5.41, 5.74) is 10.4. The van der Waals surface area contributed by atoms with Crippen molar-refractivity contribution >= 4 is 28.0 Å². The van der Waals surface area contributed by atoms with Crippen LogP contribution in [-0.4, -0.2) is 15.9 Å². The normalized spacial score (nSPS) is 11.8. The first-order valence-electron chi connectivity index (χ1n) is 9.61. The van der Waals surface area contributed by atoms with E-state index in [1.165, 1.54) is 0 Å². The molecule has 4 rings (SSSR count). The van der Waals surface area contributed by atoms with Gasteiger partial charge in [-0.05, 0) is 60.0 Å². The van der Waals surface area contributed by atoms with Crippen LogP contribution < -0.4 is 10.5 Å². The zero-order valence-electron chi connectivity index (χ0n) is 16.6. The van der Waals surface area contributed by atoms with Gasteiger partial charge >= 0.3 is 0 Å². The second-order valence-electron chi connectivity index (χ2n) is 6.91. The van der Waals surface area contributed by atoms with Gasteiger partial charge in [-0.3, -0.25) is 9.78 Å². The van der Waals surface area contributed by atoms with Crippen LogP contribution in [0.2, 0.25) is 0 Å². The number of nitrogens with two attached hydrogens (primary N) is 1. The molecule has 0 aliphatic heterocycles. The predicted octanol–water partition coefficient (Wildman–Crippen LogP) is 4.62. The Hall–Kier alpha value is -3.99. The molecule has 0 aliphatic carbocycles. The van der Waals surface area contributed by atoms with E-state index < -0.39 is 5.91 Å². The van der Waals surface area contributed by atoms with Crippen molar-refractivity contribution in [1.82, 2.24) is 9.97 Å². The largest absolute Gasteiger partial charge is 0.487 e. The van der Waals surface area contributed by atoms with Crippen LogP contribution in [0.4, 0.5) is 0 Å². The number of hydrogen-bond donors (Lipinski definition) is 1. The molecule has 2 aromatic carbocycles. The van der Waals surface area contributed by atoms with Crippen LogP contribution in [0.15, 0.2) is 85.2 Å². The quantitative estimate of drug-likeness (QED) is 0.483. The lowest BCUT2D eigenvalue weighted by Gasteiger charge is -2.11. The fourth-order valence-electron chi connectivity index (χ4n) is 3.35. The molecule has 2 N–H and O–H groups in total. The van der Waals surface area contributed by atoms with Gasteiger partial charge in [0, 0.05) is 23.4 Å². The lowest BCUT2D eigenvalue weighted by Crippen LogP contribution is -2.14. The number of ether oxygens (including phenoxy) is 1. The van der Waals surface area contributed by atoms with E-state index in [1.807, 2.05) is 79.7 Å². The van der Waals surface area contributed by atoms with Gasteiger partial charge in [0.2, 0.25) is 5.91 Å². The van der Waals surface area contributed by atoms with Crippen LogP contribution in [0.5, 0.6) is 5.75 Å². The highest BCUT2D eigenvalue weighted by Crippen LogP contribution is 2.27. The first-order chi connectivity index (χ1) is 14.6. The first-order valence-corrected chi connectivity index (χ1v) is 9.61. The van der Waals surface area contributed by atoms with Gasteiger partial charge in [0.15, 0.2) is 0 Å². The molecule has 0 saturated heterocycles. The maximum Gasteiger partial charge on any atom is 0.249 e. The summed E-state index contributed by atoms with van der Waals surface area (Å²) in [6, 6.07) is 23.0. The van der Waals surface area contributed by atoms with Gasteiger partial charge in [0.05, 0.1) is 11.2 Å². The van der Waals surface area contributed by atoms with Crippen LogP contribution in [0.1, 0.15) is 23.7 Å². The molecule has 2 aromatic heterocycles. The summed E-state index contributed by atoms with van der Waals surface area (Å²) in [5, 5.41) is 1.10. The molecule has 4 aromatic rings. The fraction of sp³-hybridized carbons (Fsp3) is 0.0800. The van der Waals surface area contributed by atoms with E-state index in [4.69, 9.17) is 10.5 Å². The summed E-state index contributed by atoms with van der Waals surface area (Å²) in [6.45, 7) is 2.24. The van der Waals surface area contributed by atoms with Crippen molar-refractivity contribution in [3.8, 4) is 5.75 Å². The SMILES string of the molecule is C/C(=C(/C(N)=O)c1ccc(OCc2ccc3ccccc3n2)cc1)c1ccncc1. The molecule has 5 nitrogen and oxygen atoms in total. The summed E-state index contributed by atoms with van der Waals surface area (Å²) < 4.78 is 5.88. The summed E-state index contributed by atoms with van der Waals surface area (Å²) in [5.74, 6) is 0.220. The van der Waals surface area contributed by atoms with E-state index in [-0.39, 0.29) is 0 Å². The molecule has 0 aliphatic rings. The average molecular weight is 395 g/mol. The van der Waals surface area contributed by atoms with E-state index >= 15 is 0 Å². The number of hydrogen-bond acceptors (Lipinski definition) is 4. The highest BCUT2D eigenvalue weighted by atomic mass is 16.5. The minimum absolute atomic E-state index is 0.360. The molecule has 0 atom stereocenters. The molecule has 2 heterocycles. The van der Waals surface area contributed by atoms with Gasteiger partial charge in [-0.1, -0.05) is 36.4 Å². The molecular weight excluding hydrogens is 374 g/mol. The number of aromatic nitrogens is 2. The zero-order chi connectivity index (χ0) is 20.9. The topological polar surface area (TPSA) is 78.1 Å². The third kappa shape index (κ3) is 4.20. The number of para-hydroxylation sites is 1. The van der Waals surface area contributed by atoms with Crippen molar-refractivity contribution in [3.63, 3.8) is 0 Å². The number of amides is 1. The molecular formula is C25H21N3O2. The van der Waals surface area contributed by atoms with Crippen LogP contribution >= 0.6 is 0 Å². The van der Waals surface area contributed by atoms with E-state index in [9.17, 15) is 4.79 Å². The number of benzene rings is 2. The molecule has 1 amide bonds. The van der Waals surface area contributed by atoms with Crippen molar-refractivity contribution in [2.75, 3.05) is 0 Å². The summed E-state index contributed by atoms with van der Waals surface area (Å²) in [7, 11) is 0. The molecule has 148 valence electrons. The van der Waals surface area contributed by atoms with E-state index in [0.29, 0.717) is 17.9 Å². The second-order valence-corrected chi connectivity index (χ2v) is 6.91. The monoisotopic (exact) mass is 395 g/mol. The number of pyridine rings is 2. The van der Waals surface area contributed by atoms with Crippen LogP contribution in [0.25, 0.3) is 22.0 Å². The Morgan fingerprint density at radius 1 is 0.900 bits per heavy atom. The van der Waals surface area contributed by atoms with Gasteiger partial charge in [0.1, 0.15) is 12.4 Å². The second kappa shape index (κ2) is 8.57. The Labute approximate surface area is 174 Å². The number of carbonyl (C=O) groups excluding carboxylic acids is 1.